The molecule has 2 heterocycles. The van der Waals surface area contributed by atoms with Crippen molar-refractivity contribution in [3.05, 3.63) is 59.8 Å². The maximum atomic E-state index is 12.7. The maximum absolute atomic E-state index is 12.7. The van der Waals surface area contributed by atoms with Crippen molar-refractivity contribution in [3.8, 4) is 0 Å². The molecular weight excluding hydrogens is 397 g/mol. The first-order valence-electron chi connectivity index (χ1n) is 9.39. The van der Waals surface area contributed by atoms with Crippen LogP contribution in [-0.2, 0) is 15.8 Å². The van der Waals surface area contributed by atoms with Crippen LogP contribution in [0.3, 0.4) is 0 Å². The number of anilines is 2. The Morgan fingerprint density at radius 1 is 1.23 bits per heavy atom. The number of nitrogens with one attached hydrogen (secondary N) is 1. The molecule has 1 unspecified atom stereocenters. The van der Waals surface area contributed by atoms with Crippen LogP contribution < -0.4 is 16.0 Å². The number of benzene rings is 1. The van der Waals surface area contributed by atoms with Crippen LogP contribution in [0.15, 0.2) is 48.7 Å². The number of pyridine rings is 1. The largest absolute Gasteiger partial charge is 0.416 e. The molecule has 0 radical (unpaired) electrons. The molecule has 0 bridgehead atoms. The number of piperidine rings is 1. The summed E-state index contributed by atoms with van der Waals surface area (Å²) < 4.78 is 38.2. The van der Waals surface area contributed by atoms with E-state index in [1.54, 1.807) is 12.1 Å². The molecule has 1 saturated heterocycles. The highest BCUT2D eigenvalue weighted by atomic mass is 19.4. The minimum Gasteiger partial charge on any atom is -0.369 e. The van der Waals surface area contributed by atoms with Crippen molar-refractivity contribution in [2.24, 2.45) is 11.7 Å². The summed E-state index contributed by atoms with van der Waals surface area (Å²) in [6.07, 6.45) is 1.12. The zero-order chi connectivity index (χ0) is 21.7. The molecule has 1 aromatic carbocycles. The third-order valence-electron chi connectivity index (χ3n) is 4.80. The number of carbonyl (C=O) groups is 2. The highest BCUT2D eigenvalue weighted by Gasteiger charge is 2.30. The zero-order valence-corrected chi connectivity index (χ0v) is 16.0. The third kappa shape index (κ3) is 5.59. The van der Waals surface area contributed by atoms with Gasteiger partial charge >= 0.3 is 6.18 Å². The molecule has 2 amide bonds. The maximum Gasteiger partial charge on any atom is 0.416 e. The van der Waals surface area contributed by atoms with E-state index in [9.17, 15) is 22.8 Å². The van der Waals surface area contributed by atoms with Gasteiger partial charge in [0.1, 0.15) is 5.82 Å². The first kappa shape index (κ1) is 21.4. The summed E-state index contributed by atoms with van der Waals surface area (Å²) in [4.78, 5) is 29.8. The van der Waals surface area contributed by atoms with Gasteiger partial charge in [0.05, 0.1) is 23.4 Å². The topological polar surface area (TPSA) is 88.3 Å². The van der Waals surface area contributed by atoms with Gasteiger partial charge in [0.25, 0.3) is 0 Å². The predicted octanol–water partition coefficient (Wildman–Crippen LogP) is 3.45. The van der Waals surface area contributed by atoms with E-state index in [0.29, 0.717) is 18.1 Å². The molecule has 0 spiro atoms. The molecule has 1 fully saturated rings. The van der Waals surface area contributed by atoms with Gasteiger partial charge in [-0.05, 0) is 48.7 Å². The number of aromatic nitrogens is 1. The molecule has 9 heteroatoms. The van der Waals surface area contributed by atoms with E-state index in [1.165, 1.54) is 24.4 Å². The number of hydrogen-bond donors (Lipinski definition) is 2. The van der Waals surface area contributed by atoms with E-state index in [4.69, 9.17) is 5.73 Å². The van der Waals surface area contributed by atoms with Crippen LogP contribution in [0.25, 0.3) is 6.08 Å². The normalized spacial score (nSPS) is 17.2. The van der Waals surface area contributed by atoms with Gasteiger partial charge in [-0.2, -0.15) is 13.2 Å². The Kier molecular flexibility index (Phi) is 6.39. The zero-order valence-electron chi connectivity index (χ0n) is 16.0. The van der Waals surface area contributed by atoms with Gasteiger partial charge in [-0.3, -0.25) is 9.59 Å². The Bertz CT molecular complexity index is 942. The van der Waals surface area contributed by atoms with Crippen LogP contribution in [-0.4, -0.2) is 29.9 Å². The Balaban J connectivity index is 1.60. The second-order valence-electron chi connectivity index (χ2n) is 7.04. The summed E-state index contributed by atoms with van der Waals surface area (Å²) in [5, 5.41) is 2.61. The lowest BCUT2D eigenvalue weighted by molar-refractivity contribution is -0.137. The molecule has 1 atom stereocenters. The number of hydrogen-bond acceptors (Lipinski definition) is 4. The number of halogens is 3. The van der Waals surface area contributed by atoms with Gasteiger partial charge in [-0.15, -0.1) is 0 Å². The Morgan fingerprint density at radius 3 is 2.70 bits per heavy atom. The molecule has 158 valence electrons. The van der Waals surface area contributed by atoms with Crippen LogP contribution in [0.2, 0.25) is 0 Å². The average Bonchev–Trinajstić information content (AvgIpc) is 2.72. The van der Waals surface area contributed by atoms with Gasteiger partial charge in [0.15, 0.2) is 0 Å². The molecule has 6 nitrogen and oxygen atoms in total. The van der Waals surface area contributed by atoms with Crippen molar-refractivity contribution in [1.29, 1.82) is 0 Å². The molecule has 0 aliphatic carbocycles. The number of nitrogens with zero attached hydrogens (tertiary/aromatic N) is 2. The Morgan fingerprint density at radius 2 is 2.03 bits per heavy atom. The van der Waals surface area contributed by atoms with Gasteiger partial charge in [-0.25, -0.2) is 4.98 Å². The smallest absolute Gasteiger partial charge is 0.369 e. The highest BCUT2D eigenvalue weighted by molar-refractivity contribution is 6.01. The summed E-state index contributed by atoms with van der Waals surface area (Å²) in [5.74, 6) is -0.343. The highest BCUT2D eigenvalue weighted by Crippen LogP contribution is 2.29. The van der Waals surface area contributed by atoms with E-state index < -0.39 is 17.6 Å². The Labute approximate surface area is 171 Å². The Hall–Kier alpha value is -3.36. The number of carbonyl (C=O) groups excluding carboxylic acids is 2. The standard InChI is InChI=1S/C21H21F3N4O2/c22-21(23,24)16-5-1-3-14(11-16)6-9-19(29)27-17-7-8-18(26-12-17)28-10-2-4-15(13-28)20(25)30/h1,3,5-9,11-12,15H,2,4,10,13H2,(H2,25,30)(H,27,29)/b9-6+. The van der Waals surface area contributed by atoms with Gasteiger partial charge in [0, 0.05) is 19.2 Å². The summed E-state index contributed by atoms with van der Waals surface area (Å²) >= 11 is 0. The summed E-state index contributed by atoms with van der Waals surface area (Å²) in [6, 6.07) is 8.11. The first-order chi connectivity index (χ1) is 14.2. The lowest BCUT2D eigenvalue weighted by Crippen LogP contribution is -2.41. The quantitative estimate of drug-likeness (QED) is 0.728. The van der Waals surface area contributed by atoms with Gasteiger partial charge < -0.3 is 16.0 Å². The number of alkyl halides is 3. The van der Waals surface area contributed by atoms with E-state index in [0.717, 1.165) is 37.6 Å². The van der Waals surface area contributed by atoms with E-state index in [-0.39, 0.29) is 17.4 Å². The molecule has 3 rings (SSSR count). The van der Waals surface area contributed by atoms with Crippen LogP contribution >= 0.6 is 0 Å². The number of primary amides is 1. The minimum absolute atomic E-state index is 0.207. The summed E-state index contributed by atoms with van der Waals surface area (Å²) in [5.41, 5.74) is 5.33. The van der Waals surface area contributed by atoms with Crippen LogP contribution in [0.1, 0.15) is 24.0 Å². The third-order valence-corrected chi connectivity index (χ3v) is 4.80. The molecule has 0 saturated carbocycles. The van der Waals surface area contributed by atoms with Crippen LogP contribution in [0.4, 0.5) is 24.7 Å². The van der Waals surface area contributed by atoms with E-state index in [2.05, 4.69) is 10.3 Å². The molecule has 1 aliphatic rings. The fraction of sp³-hybridized carbons (Fsp3) is 0.286. The van der Waals surface area contributed by atoms with Crippen molar-refractivity contribution < 1.29 is 22.8 Å². The second kappa shape index (κ2) is 8.98. The number of rotatable bonds is 5. The second-order valence-corrected chi connectivity index (χ2v) is 7.04. The van der Waals surface area contributed by atoms with Crippen LogP contribution in [0.5, 0.6) is 0 Å². The van der Waals surface area contributed by atoms with Crippen LogP contribution in [0, 0.1) is 5.92 Å². The SMILES string of the molecule is NC(=O)C1CCCN(c2ccc(NC(=O)/C=C/c3cccc(C(F)(F)F)c3)cn2)C1. The number of nitrogens with two attached hydrogens (primary N) is 1. The summed E-state index contributed by atoms with van der Waals surface area (Å²) in [6.45, 7) is 1.27. The fourth-order valence-corrected chi connectivity index (χ4v) is 3.24. The first-order valence-corrected chi connectivity index (χ1v) is 9.39. The summed E-state index contributed by atoms with van der Waals surface area (Å²) in [7, 11) is 0. The van der Waals surface area contributed by atoms with Crippen molar-refractivity contribution in [2.75, 3.05) is 23.3 Å². The van der Waals surface area contributed by atoms with Crippen molar-refractivity contribution >= 4 is 29.4 Å². The molecule has 3 N–H and O–H groups in total. The molecule has 2 aromatic rings. The molecular formula is C21H21F3N4O2. The fourth-order valence-electron chi connectivity index (χ4n) is 3.24. The average molecular weight is 418 g/mol. The lowest BCUT2D eigenvalue weighted by Gasteiger charge is -2.32. The molecule has 30 heavy (non-hydrogen) atoms. The molecule has 1 aromatic heterocycles. The molecule has 1 aliphatic heterocycles. The monoisotopic (exact) mass is 418 g/mol. The van der Waals surface area contributed by atoms with Crippen molar-refractivity contribution in [3.63, 3.8) is 0 Å². The van der Waals surface area contributed by atoms with Crippen molar-refractivity contribution in [2.45, 2.75) is 19.0 Å². The number of amides is 2. The van der Waals surface area contributed by atoms with Gasteiger partial charge in [0.2, 0.25) is 11.8 Å². The van der Waals surface area contributed by atoms with Crippen molar-refractivity contribution in [1.82, 2.24) is 4.98 Å². The minimum atomic E-state index is -4.44. The van der Waals surface area contributed by atoms with E-state index >= 15 is 0 Å². The lowest BCUT2D eigenvalue weighted by atomic mass is 9.97. The van der Waals surface area contributed by atoms with Gasteiger partial charge in [-0.1, -0.05) is 12.1 Å². The van der Waals surface area contributed by atoms with E-state index in [1.807, 2.05) is 4.90 Å². The predicted molar refractivity (Wildman–Crippen MR) is 107 cm³/mol.